The minimum atomic E-state index is -4.80. The number of nitrogens with one attached hydrogen (secondary N) is 1. The first-order valence-electron chi connectivity index (χ1n) is 8.98. The summed E-state index contributed by atoms with van der Waals surface area (Å²) in [5.41, 5.74) is 1.07. The Bertz CT molecular complexity index is 1240. The van der Waals surface area contributed by atoms with E-state index in [0.29, 0.717) is 22.2 Å². The number of carbonyl (C=O) groups is 1. The minimum Gasteiger partial charge on any atom is -0.406 e. The zero-order chi connectivity index (χ0) is 22.0. The molecule has 0 fully saturated rings. The summed E-state index contributed by atoms with van der Waals surface area (Å²) < 4.78 is 54.7. The van der Waals surface area contributed by atoms with Gasteiger partial charge >= 0.3 is 6.36 Å². The number of ether oxygens (including phenoxy) is 1. The maximum atomic E-state index is 13.8. The lowest BCUT2D eigenvalue weighted by molar-refractivity contribution is -0.274. The largest absolute Gasteiger partial charge is 0.573 e. The highest BCUT2D eigenvalue weighted by Gasteiger charge is 2.31. The van der Waals surface area contributed by atoms with Gasteiger partial charge in [0, 0.05) is 16.6 Å². The molecule has 1 N–H and O–H groups in total. The SMILES string of the molecule is O=C(c1ccccc1)c1nc(Nc2ccc(OC(F)(F)F)cc2)c2cc(F)ccc2n1. The van der Waals surface area contributed by atoms with Crippen LogP contribution in [0.15, 0.2) is 72.8 Å². The van der Waals surface area contributed by atoms with Crippen LogP contribution in [-0.2, 0) is 0 Å². The van der Waals surface area contributed by atoms with Crippen molar-refractivity contribution < 1.29 is 27.1 Å². The van der Waals surface area contributed by atoms with Crippen molar-refractivity contribution in [1.29, 1.82) is 0 Å². The van der Waals surface area contributed by atoms with Crippen LogP contribution >= 0.6 is 0 Å². The van der Waals surface area contributed by atoms with Gasteiger partial charge in [-0.2, -0.15) is 0 Å². The molecule has 0 atom stereocenters. The summed E-state index contributed by atoms with van der Waals surface area (Å²) in [7, 11) is 0. The first kappa shape index (κ1) is 20.3. The molecule has 0 saturated carbocycles. The van der Waals surface area contributed by atoms with Gasteiger partial charge in [-0.1, -0.05) is 30.3 Å². The molecule has 1 heterocycles. The predicted octanol–water partition coefficient (Wildman–Crippen LogP) is 5.64. The van der Waals surface area contributed by atoms with Crippen molar-refractivity contribution in [2.24, 2.45) is 0 Å². The summed E-state index contributed by atoms with van der Waals surface area (Å²) >= 11 is 0. The smallest absolute Gasteiger partial charge is 0.406 e. The second-order valence-electron chi connectivity index (χ2n) is 6.45. The van der Waals surface area contributed by atoms with E-state index in [4.69, 9.17) is 0 Å². The molecule has 0 bridgehead atoms. The second kappa shape index (κ2) is 8.02. The fourth-order valence-corrected chi connectivity index (χ4v) is 2.89. The molecule has 0 saturated heterocycles. The Morgan fingerprint density at radius 2 is 1.61 bits per heavy atom. The van der Waals surface area contributed by atoms with E-state index in [9.17, 15) is 22.4 Å². The number of anilines is 2. The van der Waals surface area contributed by atoms with Crippen LogP contribution < -0.4 is 10.1 Å². The molecule has 4 aromatic rings. The molecule has 1 aromatic heterocycles. The van der Waals surface area contributed by atoms with Crippen molar-refractivity contribution in [3.05, 3.63) is 90.0 Å². The quantitative estimate of drug-likeness (QED) is 0.330. The summed E-state index contributed by atoms with van der Waals surface area (Å²) in [6, 6.07) is 17.2. The average molecular weight is 427 g/mol. The maximum Gasteiger partial charge on any atom is 0.573 e. The highest BCUT2D eigenvalue weighted by Crippen LogP contribution is 2.28. The first-order valence-corrected chi connectivity index (χ1v) is 8.98. The summed E-state index contributed by atoms with van der Waals surface area (Å²) in [4.78, 5) is 21.3. The van der Waals surface area contributed by atoms with E-state index < -0.39 is 23.7 Å². The zero-order valence-electron chi connectivity index (χ0n) is 15.7. The first-order chi connectivity index (χ1) is 14.8. The number of hydrogen-bond acceptors (Lipinski definition) is 5. The Hall–Kier alpha value is -4.01. The number of carbonyl (C=O) groups excluding carboxylic acids is 1. The van der Waals surface area contributed by atoms with Gasteiger partial charge in [0.25, 0.3) is 0 Å². The van der Waals surface area contributed by atoms with Gasteiger partial charge in [0.1, 0.15) is 17.4 Å². The highest BCUT2D eigenvalue weighted by atomic mass is 19.4. The molecule has 0 radical (unpaired) electrons. The number of rotatable bonds is 5. The van der Waals surface area contributed by atoms with E-state index in [-0.39, 0.29) is 11.6 Å². The molecule has 156 valence electrons. The van der Waals surface area contributed by atoms with E-state index in [0.717, 1.165) is 12.1 Å². The standard InChI is InChI=1S/C22H13F4N3O2/c23-14-6-11-18-17(12-14)20(27-15-7-9-16(10-8-15)31-22(24,25)26)29-21(28-18)19(30)13-4-2-1-3-5-13/h1-12H,(H,27,28,29). The fourth-order valence-electron chi connectivity index (χ4n) is 2.89. The summed E-state index contributed by atoms with van der Waals surface area (Å²) in [6.07, 6.45) is -4.80. The molecule has 4 rings (SSSR count). The molecule has 0 amide bonds. The number of aromatic nitrogens is 2. The molecule has 0 aliphatic rings. The Morgan fingerprint density at radius 1 is 0.903 bits per heavy atom. The Kier molecular flexibility index (Phi) is 5.24. The Balaban J connectivity index is 1.72. The molecule has 0 spiro atoms. The van der Waals surface area contributed by atoms with E-state index in [2.05, 4.69) is 20.0 Å². The summed E-state index contributed by atoms with van der Waals surface area (Å²) in [5, 5.41) is 3.21. The number of nitrogens with zero attached hydrogens (tertiary/aromatic N) is 2. The summed E-state index contributed by atoms with van der Waals surface area (Å²) in [5.74, 6) is -1.33. The van der Waals surface area contributed by atoms with Crippen LogP contribution in [0.5, 0.6) is 5.75 Å². The van der Waals surface area contributed by atoms with Gasteiger partial charge in [0.05, 0.1) is 5.52 Å². The van der Waals surface area contributed by atoms with Crippen LogP contribution in [0, 0.1) is 5.82 Å². The van der Waals surface area contributed by atoms with Gasteiger partial charge in [-0.05, 0) is 42.5 Å². The number of ketones is 1. The molecule has 9 heteroatoms. The minimum absolute atomic E-state index is 0.107. The van der Waals surface area contributed by atoms with Gasteiger partial charge < -0.3 is 10.1 Å². The molecular weight excluding hydrogens is 414 g/mol. The predicted molar refractivity (Wildman–Crippen MR) is 106 cm³/mol. The lowest BCUT2D eigenvalue weighted by Gasteiger charge is -2.12. The number of fused-ring (bicyclic) bond motifs is 1. The topological polar surface area (TPSA) is 64.1 Å². The van der Waals surface area contributed by atoms with Gasteiger partial charge in [-0.15, -0.1) is 13.2 Å². The maximum absolute atomic E-state index is 13.8. The Morgan fingerprint density at radius 3 is 2.29 bits per heavy atom. The van der Waals surface area contributed by atoms with Crippen LogP contribution in [0.25, 0.3) is 10.9 Å². The van der Waals surface area contributed by atoms with Crippen LogP contribution in [0.3, 0.4) is 0 Å². The van der Waals surface area contributed by atoms with Crippen LogP contribution in [0.2, 0.25) is 0 Å². The molecule has 0 unspecified atom stereocenters. The zero-order valence-corrected chi connectivity index (χ0v) is 15.7. The number of benzene rings is 3. The third-order valence-corrected chi connectivity index (χ3v) is 4.25. The number of alkyl halides is 3. The second-order valence-corrected chi connectivity index (χ2v) is 6.45. The van der Waals surface area contributed by atoms with E-state index in [1.54, 1.807) is 30.3 Å². The molecule has 31 heavy (non-hydrogen) atoms. The van der Waals surface area contributed by atoms with Crippen molar-refractivity contribution in [1.82, 2.24) is 9.97 Å². The molecular formula is C22H13F4N3O2. The highest BCUT2D eigenvalue weighted by molar-refractivity contribution is 6.08. The number of hydrogen-bond donors (Lipinski definition) is 1. The lowest BCUT2D eigenvalue weighted by Crippen LogP contribution is -2.17. The van der Waals surface area contributed by atoms with Crippen molar-refractivity contribution >= 4 is 28.2 Å². The van der Waals surface area contributed by atoms with Crippen molar-refractivity contribution in [3.8, 4) is 5.75 Å². The van der Waals surface area contributed by atoms with Crippen molar-refractivity contribution in [2.75, 3.05) is 5.32 Å². The number of halogens is 4. The lowest BCUT2D eigenvalue weighted by atomic mass is 10.1. The van der Waals surface area contributed by atoms with E-state index in [1.165, 1.54) is 30.3 Å². The Labute approximate surface area is 173 Å². The van der Waals surface area contributed by atoms with E-state index in [1.807, 2.05) is 0 Å². The normalized spacial score (nSPS) is 11.4. The molecule has 3 aromatic carbocycles. The monoisotopic (exact) mass is 427 g/mol. The van der Waals surface area contributed by atoms with Crippen LogP contribution in [0.4, 0.5) is 29.1 Å². The van der Waals surface area contributed by atoms with E-state index >= 15 is 0 Å². The third kappa shape index (κ3) is 4.77. The molecule has 0 aliphatic heterocycles. The van der Waals surface area contributed by atoms with Gasteiger partial charge in [-0.25, -0.2) is 14.4 Å². The van der Waals surface area contributed by atoms with Gasteiger partial charge in [0.2, 0.25) is 11.6 Å². The van der Waals surface area contributed by atoms with Gasteiger partial charge in [0.15, 0.2) is 0 Å². The van der Waals surface area contributed by atoms with Crippen molar-refractivity contribution in [2.45, 2.75) is 6.36 Å². The molecule has 5 nitrogen and oxygen atoms in total. The van der Waals surface area contributed by atoms with Crippen LogP contribution in [0.1, 0.15) is 16.2 Å². The van der Waals surface area contributed by atoms with Crippen LogP contribution in [-0.4, -0.2) is 22.1 Å². The summed E-state index contributed by atoms with van der Waals surface area (Å²) in [6.45, 7) is 0. The average Bonchev–Trinajstić information content (AvgIpc) is 2.74. The fraction of sp³-hybridized carbons (Fsp3) is 0.0455. The van der Waals surface area contributed by atoms with Crippen molar-refractivity contribution in [3.63, 3.8) is 0 Å². The third-order valence-electron chi connectivity index (χ3n) is 4.25. The van der Waals surface area contributed by atoms with Gasteiger partial charge in [-0.3, -0.25) is 4.79 Å². The molecule has 0 aliphatic carbocycles.